The lowest BCUT2D eigenvalue weighted by Crippen LogP contribution is -2.47. The average molecular weight is 292 g/mol. The molecule has 1 atom stereocenters. The fourth-order valence-electron chi connectivity index (χ4n) is 2.78. The van der Waals surface area contributed by atoms with Crippen molar-refractivity contribution < 1.29 is 0 Å². The average Bonchev–Trinajstić information content (AvgIpc) is 2.47. The number of piperazine rings is 1. The van der Waals surface area contributed by atoms with E-state index in [0.717, 1.165) is 24.1 Å². The van der Waals surface area contributed by atoms with Crippen LogP contribution in [0.1, 0.15) is 19.4 Å². The van der Waals surface area contributed by atoms with Crippen molar-refractivity contribution in [1.29, 1.82) is 0 Å². The van der Waals surface area contributed by atoms with Gasteiger partial charge in [-0.25, -0.2) is 0 Å². The van der Waals surface area contributed by atoms with Crippen LogP contribution in [0.25, 0.3) is 0 Å². The fraction of sp³-hybridized carbons (Fsp3) is 0.647. The van der Waals surface area contributed by atoms with Crippen molar-refractivity contribution >= 4 is 12.6 Å². The molecule has 2 rings (SSSR count). The van der Waals surface area contributed by atoms with Crippen LogP contribution >= 0.6 is 12.6 Å². The first-order chi connectivity index (χ1) is 9.69. The molecule has 1 aromatic rings. The predicted molar refractivity (Wildman–Crippen MR) is 90.3 cm³/mol. The topological polar surface area (TPSA) is 6.48 Å². The standard InChI is InChI=1S/C17H28N2S/c1-15(2)17(14-20)13-19-10-8-18(9-11-19)12-16-6-4-3-5-7-16/h3-7,15,17,20H,8-14H2,1-2H3. The van der Waals surface area contributed by atoms with Crippen LogP contribution in [0.15, 0.2) is 30.3 Å². The van der Waals surface area contributed by atoms with Crippen LogP contribution in [0.5, 0.6) is 0 Å². The molecule has 1 heterocycles. The molecular weight excluding hydrogens is 264 g/mol. The third kappa shape index (κ3) is 4.80. The molecule has 0 spiro atoms. The summed E-state index contributed by atoms with van der Waals surface area (Å²) in [6.07, 6.45) is 0. The van der Waals surface area contributed by atoms with Gasteiger partial charge in [0.25, 0.3) is 0 Å². The molecule has 0 amide bonds. The molecule has 0 N–H and O–H groups in total. The van der Waals surface area contributed by atoms with Crippen molar-refractivity contribution in [3.8, 4) is 0 Å². The Labute approximate surface area is 129 Å². The van der Waals surface area contributed by atoms with Crippen LogP contribution in [0.3, 0.4) is 0 Å². The molecule has 0 radical (unpaired) electrons. The molecule has 1 aromatic carbocycles. The lowest BCUT2D eigenvalue weighted by molar-refractivity contribution is 0.109. The largest absolute Gasteiger partial charge is 0.300 e. The maximum absolute atomic E-state index is 4.50. The summed E-state index contributed by atoms with van der Waals surface area (Å²) < 4.78 is 0. The van der Waals surface area contributed by atoms with E-state index in [4.69, 9.17) is 0 Å². The Kier molecular flexibility index (Phi) is 6.40. The predicted octanol–water partition coefficient (Wildman–Crippen LogP) is 3.01. The molecule has 0 bridgehead atoms. The normalized spacial score (nSPS) is 19.4. The lowest BCUT2D eigenvalue weighted by atomic mass is 9.97. The Balaban J connectivity index is 1.75. The molecule has 0 saturated carbocycles. The molecule has 1 aliphatic rings. The van der Waals surface area contributed by atoms with Gasteiger partial charge in [0.05, 0.1) is 0 Å². The van der Waals surface area contributed by atoms with Gasteiger partial charge in [-0.3, -0.25) is 4.90 Å². The summed E-state index contributed by atoms with van der Waals surface area (Å²) in [7, 11) is 0. The highest BCUT2D eigenvalue weighted by Gasteiger charge is 2.21. The van der Waals surface area contributed by atoms with Crippen LogP contribution in [-0.2, 0) is 6.54 Å². The first kappa shape index (κ1) is 15.9. The van der Waals surface area contributed by atoms with E-state index in [1.54, 1.807) is 0 Å². The van der Waals surface area contributed by atoms with Gasteiger partial charge in [-0.05, 0) is 23.2 Å². The van der Waals surface area contributed by atoms with Crippen LogP contribution in [-0.4, -0.2) is 48.3 Å². The van der Waals surface area contributed by atoms with Crippen LogP contribution in [0.2, 0.25) is 0 Å². The summed E-state index contributed by atoms with van der Waals surface area (Å²) >= 11 is 4.50. The minimum Gasteiger partial charge on any atom is -0.300 e. The molecule has 1 saturated heterocycles. The van der Waals surface area contributed by atoms with Gasteiger partial charge in [-0.15, -0.1) is 0 Å². The molecule has 112 valence electrons. The summed E-state index contributed by atoms with van der Waals surface area (Å²) in [5, 5.41) is 0. The number of nitrogens with zero attached hydrogens (tertiary/aromatic N) is 2. The third-order valence-corrected chi connectivity index (χ3v) is 4.85. The number of hydrogen-bond acceptors (Lipinski definition) is 3. The monoisotopic (exact) mass is 292 g/mol. The second-order valence-corrected chi connectivity index (χ2v) is 6.61. The number of benzene rings is 1. The second kappa shape index (κ2) is 8.06. The molecule has 0 aliphatic carbocycles. The van der Waals surface area contributed by atoms with Gasteiger partial charge in [0, 0.05) is 39.3 Å². The van der Waals surface area contributed by atoms with Crippen molar-refractivity contribution in [3.63, 3.8) is 0 Å². The summed E-state index contributed by atoms with van der Waals surface area (Å²) in [6, 6.07) is 10.8. The van der Waals surface area contributed by atoms with Gasteiger partial charge in [-0.1, -0.05) is 44.2 Å². The molecule has 1 unspecified atom stereocenters. The maximum atomic E-state index is 4.50. The van der Waals surface area contributed by atoms with Crippen LogP contribution < -0.4 is 0 Å². The molecule has 20 heavy (non-hydrogen) atoms. The van der Waals surface area contributed by atoms with Crippen LogP contribution in [0.4, 0.5) is 0 Å². The minimum absolute atomic E-state index is 0.721. The summed E-state index contributed by atoms with van der Waals surface area (Å²) in [4.78, 5) is 5.18. The zero-order chi connectivity index (χ0) is 14.4. The molecule has 0 aromatic heterocycles. The van der Waals surface area contributed by atoms with E-state index in [1.807, 2.05) is 0 Å². The highest BCUT2D eigenvalue weighted by atomic mass is 32.1. The smallest absolute Gasteiger partial charge is 0.0234 e. The van der Waals surface area contributed by atoms with Crippen molar-refractivity contribution in [2.45, 2.75) is 20.4 Å². The van der Waals surface area contributed by atoms with E-state index in [9.17, 15) is 0 Å². The van der Waals surface area contributed by atoms with Crippen molar-refractivity contribution in [2.75, 3.05) is 38.5 Å². The third-order valence-electron chi connectivity index (χ3n) is 4.38. The SMILES string of the molecule is CC(C)C(CS)CN1CCN(Cc2ccccc2)CC1. The Bertz CT molecular complexity index is 372. The van der Waals surface area contributed by atoms with Gasteiger partial charge < -0.3 is 4.90 Å². The quantitative estimate of drug-likeness (QED) is 0.805. The minimum atomic E-state index is 0.721. The summed E-state index contributed by atoms with van der Waals surface area (Å²) in [6.45, 7) is 11.7. The number of hydrogen-bond donors (Lipinski definition) is 1. The highest BCUT2D eigenvalue weighted by Crippen LogP contribution is 2.16. The first-order valence-electron chi connectivity index (χ1n) is 7.78. The summed E-state index contributed by atoms with van der Waals surface area (Å²) in [5.74, 6) is 2.45. The van der Waals surface area contributed by atoms with Gasteiger partial charge >= 0.3 is 0 Å². The fourth-order valence-corrected chi connectivity index (χ4v) is 3.32. The van der Waals surface area contributed by atoms with Crippen molar-refractivity contribution in [1.82, 2.24) is 9.80 Å². The Morgan fingerprint density at radius 2 is 1.60 bits per heavy atom. The summed E-state index contributed by atoms with van der Waals surface area (Å²) in [5.41, 5.74) is 1.43. The zero-order valence-corrected chi connectivity index (χ0v) is 13.7. The van der Waals surface area contributed by atoms with Crippen molar-refractivity contribution in [3.05, 3.63) is 35.9 Å². The van der Waals surface area contributed by atoms with Gasteiger partial charge in [-0.2, -0.15) is 12.6 Å². The lowest BCUT2D eigenvalue weighted by Gasteiger charge is -2.37. The van der Waals surface area contributed by atoms with E-state index in [0.29, 0.717) is 0 Å². The Hall–Kier alpha value is -0.510. The zero-order valence-electron chi connectivity index (χ0n) is 12.8. The molecule has 1 fully saturated rings. The Morgan fingerprint density at radius 3 is 2.15 bits per heavy atom. The molecule has 1 aliphatic heterocycles. The van der Waals surface area contributed by atoms with E-state index in [1.165, 1.54) is 38.3 Å². The van der Waals surface area contributed by atoms with E-state index >= 15 is 0 Å². The maximum Gasteiger partial charge on any atom is 0.0234 e. The first-order valence-corrected chi connectivity index (χ1v) is 8.41. The van der Waals surface area contributed by atoms with Gasteiger partial charge in [0.15, 0.2) is 0 Å². The number of rotatable bonds is 6. The molecular formula is C17H28N2S. The van der Waals surface area contributed by atoms with E-state index < -0.39 is 0 Å². The Morgan fingerprint density at radius 1 is 1.00 bits per heavy atom. The van der Waals surface area contributed by atoms with Crippen molar-refractivity contribution in [2.24, 2.45) is 11.8 Å². The molecule has 3 heteroatoms. The van der Waals surface area contributed by atoms with Gasteiger partial charge in [0.1, 0.15) is 0 Å². The van der Waals surface area contributed by atoms with Crippen LogP contribution in [0, 0.1) is 11.8 Å². The second-order valence-electron chi connectivity index (χ2n) is 6.25. The van der Waals surface area contributed by atoms with E-state index in [-0.39, 0.29) is 0 Å². The van der Waals surface area contributed by atoms with E-state index in [2.05, 4.69) is 66.6 Å². The van der Waals surface area contributed by atoms with Gasteiger partial charge in [0.2, 0.25) is 0 Å². The number of thiol groups is 1. The highest BCUT2D eigenvalue weighted by molar-refractivity contribution is 7.80. The molecule has 2 nitrogen and oxygen atoms in total.